The summed E-state index contributed by atoms with van der Waals surface area (Å²) in [5, 5.41) is 34.5. The number of benzene rings is 1. The van der Waals surface area contributed by atoms with E-state index in [9.17, 15) is 24.9 Å². The fourth-order valence-corrected chi connectivity index (χ4v) is 6.67. The van der Waals surface area contributed by atoms with E-state index in [0.717, 1.165) is 50.5 Å². The van der Waals surface area contributed by atoms with Gasteiger partial charge in [-0.3, -0.25) is 4.79 Å². The minimum atomic E-state index is -1.47. The van der Waals surface area contributed by atoms with Crippen LogP contribution in [0.5, 0.6) is 0 Å². The van der Waals surface area contributed by atoms with E-state index in [2.05, 4.69) is 19.2 Å². The zero-order valence-electron chi connectivity index (χ0n) is 30.9. The quantitative estimate of drug-likeness (QED) is 0.0653. The number of carbonyl (C=O) groups excluding carboxylic acids is 2. The molecule has 0 saturated carbocycles. The monoisotopic (exact) mass is 691 g/mol. The Balaban J connectivity index is 1.99. The van der Waals surface area contributed by atoms with Crippen molar-refractivity contribution in [2.45, 2.75) is 192 Å². The highest BCUT2D eigenvalue weighted by Crippen LogP contribution is 2.26. The number of rotatable bonds is 28. The molecule has 0 unspecified atom stereocenters. The van der Waals surface area contributed by atoms with Crippen LogP contribution in [-0.2, 0) is 20.9 Å². The summed E-state index contributed by atoms with van der Waals surface area (Å²) in [5.74, 6) is -0.110. The van der Waals surface area contributed by atoms with Gasteiger partial charge in [0.25, 0.3) is 0 Å². The van der Waals surface area contributed by atoms with E-state index >= 15 is 0 Å². The fourth-order valence-electron chi connectivity index (χ4n) is 6.67. The lowest BCUT2D eigenvalue weighted by Crippen LogP contribution is -2.68. The van der Waals surface area contributed by atoms with Gasteiger partial charge in [0.15, 0.2) is 6.23 Å². The molecule has 9 heteroatoms. The molecule has 282 valence electrons. The van der Waals surface area contributed by atoms with Crippen molar-refractivity contribution in [1.82, 2.24) is 10.2 Å². The van der Waals surface area contributed by atoms with E-state index in [4.69, 9.17) is 9.47 Å². The van der Waals surface area contributed by atoms with E-state index in [1.54, 1.807) is 4.90 Å². The molecule has 4 N–H and O–H groups in total. The van der Waals surface area contributed by atoms with Crippen LogP contribution < -0.4 is 5.32 Å². The van der Waals surface area contributed by atoms with Crippen molar-refractivity contribution in [2.75, 3.05) is 13.2 Å². The van der Waals surface area contributed by atoms with Gasteiger partial charge in [-0.1, -0.05) is 166 Å². The maximum absolute atomic E-state index is 13.8. The minimum absolute atomic E-state index is 0.0307. The first kappa shape index (κ1) is 43.0. The lowest BCUT2D eigenvalue weighted by molar-refractivity contribution is -0.230. The Hall–Kier alpha value is -2.20. The highest BCUT2D eigenvalue weighted by Gasteiger charge is 2.48. The number of carbonyl (C=O) groups is 2. The second kappa shape index (κ2) is 27.5. The molecule has 1 aromatic carbocycles. The molecule has 0 aromatic heterocycles. The van der Waals surface area contributed by atoms with Gasteiger partial charge in [-0.05, 0) is 18.4 Å². The number of nitrogens with zero attached hydrogens (tertiary/aromatic N) is 1. The average molecular weight is 691 g/mol. The van der Waals surface area contributed by atoms with Crippen molar-refractivity contribution in [1.29, 1.82) is 0 Å². The Morgan fingerprint density at radius 3 is 1.71 bits per heavy atom. The van der Waals surface area contributed by atoms with Crippen molar-refractivity contribution >= 4 is 12.0 Å². The van der Waals surface area contributed by atoms with E-state index in [-0.39, 0.29) is 12.5 Å². The van der Waals surface area contributed by atoms with Crippen LogP contribution in [0.15, 0.2) is 30.3 Å². The number of unbranched alkanes of at least 4 members (excludes halogenated alkanes) is 19. The first-order chi connectivity index (χ1) is 23.9. The number of ether oxygens (including phenoxy) is 2. The lowest BCUT2D eigenvalue weighted by atomic mass is 9.95. The molecule has 0 aliphatic carbocycles. The number of amides is 2. The minimum Gasteiger partial charge on any atom is -0.445 e. The SMILES string of the molecule is CCCCCCCCCCCCCC(=O)N(CCCCCCCCCCCC)[C@@H]1O[C@H](CO)[C@H](O)[C@H](O)[C@H]1NC(=O)OCc1ccccc1. The van der Waals surface area contributed by atoms with Crippen LogP contribution in [0.4, 0.5) is 4.79 Å². The van der Waals surface area contributed by atoms with Gasteiger partial charge in [0.05, 0.1) is 6.61 Å². The molecule has 1 fully saturated rings. The summed E-state index contributed by atoms with van der Waals surface area (Å²) in [5.41, 5.74) is 0.805. The predicted molar refractivity (Wildman–Crippen MR) is 196 cm³/mol. The molecule has 49 heavy (non-hydrogen) atoms. The number of aliphatic hydroxyl groups excluding tert-OH is 3. The summed E-state index contributed by atoms with van der Waals surface area (Å²) in [6.45, 7) is 4.37. The first-order valence-electron chi connectivity index (χ1n) is 19.8. The Kier molecular flexibility index (Phi) is 24.1. The van der Waals surface area contributed by atoms with Gasteiger partial charge in [0.2, 0.25) is 5.91 Å². The first-order valence-corrected chi connectivity index (χ1v) is 19.8. The molecule has 2 amide bonds. The van der Waals surface area contributed by atoms with Gasteiger partial charge < -0.3 is 35.0 Å². The molecule has 5 atom stereocenters. The molecular weight excluding hydrogens is 620 g/mol. The summed E-state index contributed by atoms with van der Waals surface area (Å²) in [4.78, 5) is 28.3. The van der Waals surface area contributed by atoms with Gasteiger partial charge in [-0.15, -0.1) is 0 Å². The van der Waals surface area contributed by atoms with E-state index in [1.165, 1.54) is 89.9 Å². The molecule has 1 aliphatic heterocycles. The summed E-state index contributed by atoms with van der Waals surface area (Å²) in [6.07, 6.45) is 19.1. The number of aliphatic hydroxyl groups is 3. The van der Waals surface area contributed by atoms with Crippen molar-refractivity contribution in [3.8, 4) is 0 Å². The van der Waals surface area contributed by atoms with Crippen molar-refractivity contribution < 1.29 is 34.4 Å². The van der Waals surface area contributed by atoms with Crippen LogP contribution in [0.3, 0.4) is 0 Å². The van der Waals surface area contributed by atoms with Crippen LogP contribution >= 0.6 is 0 Å². The van der Waals surface area contributed by atoms with E-state index in [1.807, 2.05) is 30.3 Å². The van der Waals surface area contributed by atoms with Crippen molar-refractivity contribution in [3.63, 3.8) is 0 Å². The summed E-state index contributed by atoms with van der Waals surface area (Å²) >= 11 is 0. The van der Waals surface area contributed by atoms with Crippen LogP contribution in [0, 0.1) is 0 Å². The average Bonchev–Trinajstić information content (AvgIpc) is 3.11. The number of nitrogens with one attached hydrogen (secondary N) is 1. The molecule has 1 aromatic rings. The second-order valence-electron chi connectivity index (χ2n) is 14.0. The smallest absolute Gasteiger partial charge is 0.407 e. The molecule has 2 rings (SSSR count). The molecule has 1 saturated heterocycles. The molecule has 0 radical (unpaired) electrons. The maximum atomic E-state index is 13.8. The third-order valence-corrected chi connectivity index (χ3v) is 9.77. The van der Waals surface area contributed by atoms with Crippen LogP contribution in [-0.4, -0.2) is 76.0 Å². The Morgan fingerprint density at radius 1 is 0.714 bits per heavy atom. The van der Waals surface area contributed by atoms with E-state index < -0.39 is 43.3 Å². The van der Waals surface area contributed by atoms with Gasteiger partial charge in [0.1, 0.15) is 31.0 Å². The zero-order chi connectivity index (χ0) is 35.5. The molecule has 0 spiro atoms. The standard InChI is InChI=1S/C40H70N2O7/c1-3-5-7-9-11-13-15-16-18-20-25-29-35(44)42(30-26-21-19-17-14-12-10-8-6-4-2)39-36(38(46)37(45)34(31-43)49-39)41-40(47)48-32-33-27-23-22-24-28-33/h22-24,27-28,34,36-39,43,45-46H,3-21,25-26,29-32H2,1-2H3,(H,41,47)/t34-,36-,37+,38-,39-/m1/s1. The Bertz CT molecular complexity index is 965. The van der Waals surface area contributed by atoms with Crippen LogP contribution in [0.2, 0.25) is 0 Å². The van der Waals surface area contributed by atoms with Gasteiger partial charge >= 0.3 is 6.09 Å². The highest BCUT2D eigenvalue weighted by atomic mass is 16.6. The Morgan fingerprint density at radius 2 is 1.20 bits per heavy atom. The predicted octanol–water partition coefficient (Wildman–Crippen LogP) is 8.17. The summed E-state index contributed by atoms with van der Waals surface area (Å²) in [6, 6.07) is 8.12. The fraction of sp³-hybridized carbons (Fsp3) is 0.800. The van der Waals surface area contributed by atoms with Crippen LogP contribution in [0.25, 0.3) is 0 Å². The molecule has 9 nitrogen and oxygen atoms in total. The van der Waals surface area contributed by atoms with Gasteiger partial charge in [-0.25, -0.2) is 4.79 Å². The molecular formula is C40H70N2O7. The summed E-state index contributed by atoms with van der Waals surface area (Å²) in [7, 11) is 0. The van der Waals surface area contributed by atoms with Crippen molar-refractivity contribution in [3.05, 3.63) is 35.9 Å². The van der Waals surface area contributed by atoms with Crippen molar-refractivity contribution in [2.24, 2.45) is 0 Å². The largest absolute Gasteiger partial charge is 0.445 e. The second-order valence-corrected chi connectivity index (χ2v) is 14.0. The third-order valence-electron chi connectivity index (χ3n) is 9.77. The molecule has 1 aliphatic rings. The molecule has 1 heterocycles. The number of hydrogen-bond acceptors (Lipinski definition) is 7. The molecule has 0 bridgehead atoms. The topological polar surface area (TPSA) is 129 Å². The third kappa shape index (κ3) is 18.0. The van der Waals surface area contributed by atoms with Crippen LogP contribution in [0.1, 0.15) is 161 Å². The number of alkyl carbamates (subject to hydrolysis) is 1. The van der Waals surface area contributed by atoms with E-state index in [0.29, 0.717) is 13.0 Å². The van der Waals surface area contributed by atoms with Gasteiger partial charge in [0, 0.05) is 13.0 Å². The zero-order valence-corrected chi connectivity index (χ0v) is 30.9. The summed E-state index contributed by atoms with van der Waals surface area (Å²) < 4.78 is 11.5. The normalized spacial score (nSPS) is 20.6. The van der Waals surface area contributed by atoms with Gasteiger partial charge in [-0.2, -0.15) is 0 Å². The number of hydrogen-bond donors (Lipinski definition) is 4. The lowest BCUT2D eigenvalue weighted by Gasteiger charge is -2.46. The Labute approximate surface area is 297 Å². The maximum Gasteiger partial charge on any atom is 0.407 e. The highest BCUT2D eigenvalue weighted by molar-refractivity contribution is 5.76.